The predicted molar refractivity (Wildman–Crippen MR) is 73.7 cm³/mol. The molecule has 1 N–H and O–H groups in total. The van der Waals surface area contributed by atoms with Gasteiger partial charge in [-0.05, 0) is 43.6 Å². The number of aromatic nitrogens is 1. The van der Waals surface area contributed by atoms with Crippen molar-refractivity contribution in [3.8, 4) is 0 Å². The van der Waals surface area contributed by atoms with Crippen molar-refractivity contribution in [3.05, 3.63) is 23.8 Å². The van der Waals surface area contributed by atoms with Crippen LogP contribution in [0.5, 0.6) is 0 Å². The molecule has 1 aromatic carbocycles. The lowest BCUT2D eigenvalue weighted by molar-refractivity contribution is 0.331. The van der Waals surface area contributed by atoms with Crippen molar-refractivity contribution in [1.29, 1.82) is 0 Å². The highest BCUT2D eigenvalue weighted by molar-refractivity contribution is 7.22. The van der Waals surface area contributed by atoms with E-state index >= 15 is 0 Å². The Labute approximate surface area is 105 Å². The number of fused-ring (bicyclic) bond motifs is 1. The van der Waals surface area contributed by atoms with Gasteiger partial charge < -0.3 is 5.32 Å². The second kappa shape index (κ2) is 4.63. The van der Waals surface area contributed by atoms with E-state index < -0.39 is 0 Å². The lowest BCUT2D eigenvalue weighted by Crippen LogP contribution is -2.18. The number of likely N-dealkylation sites (tertiary alicyclic amines) is 1. The minimum atomic E-state index is 0.998. The average Bonchev–Trinajstić information content (AvgIpc) is 2.96. The number of hydrogen-bond acceptors (Lipinski definition) is 4. The monoisotopic (exact) mass is 247 g/mol. The largest absolute Gasteiger partial charge is 0.365 e. The molecule has 0 radical (unpaired) electrons. The first kappa shape index (κ1) is 11.0. The van der Waals surface area contributed by atoms with Gasteiger partial charge in [0.2, 0.25) is 0 Å². The van der Waals surface area contributed by atoms with Gasteiger partial charge >= 0.3 is 0 Å². The molecule has 0 saturated carbocycles. The predicted octanol–water partition coefficient (Wildman–Crippen LogP) is 2.93. The summed E-state index contributed by atoms with van der Waals surface area (Å²) in [5.74, 6) is 0. The Hall–Kier alpha value is -1.13. The Balaban J connectivity index is 1.84. The van der Waals surface area contributed by atoms with Crippen molar-refractivity contribution < 1.29 is 0 Å². The number of rotatable bonds is 3. The molecule has 1 aromatic heterocycles. The second-order valence-electron chi connectivity index (χ2n) is 4.55. The molecule has 4 heteroatoms. The lowest BCUT2D eigenvalue weighted by Gasteiger charge is -2.14. The maximum atomic E-state index is 4.50. The van der Waals surface area contributed by atoms with Crippen LogP contribution in [0.1, 0.15) is 18.4 Å². The Morgan fingerprint density at radius 1 is 1.35 bits per heavy atom. The fraction of sp³-hybridized carbons (Fsp3) is 0.462. The van der Waals surface area contributed by atoms with E-state index in [-0.39, 0.29) is 0 Å². The van der Waals surface area contributed by atoms with Crippen molar-refractivity contribution in [2.24, 2.45) is 0 Å². The van der Waals surface area contributed by atoms with Crippen LogP contribution in [0.15, 0.2) is 18.2 Å². The molecule has 2 aromatic rings. The lowest BCUT2D eigenvalue weighted by atomic mass is 10.2. The van der Waals surface area contributed by atoms with Crippen molar-refractivity contribution in [1.82, 2.24) is 9.88 Å². The van der Waals surface area contributed by atoms with E-state index in [1.807, 2.05) is 7.05 Å². The Morgan fingerprint density at radius 2 is 2.18 bits per heavy atom. The van der Waals surface area contributed by atoms with Gasteiger partial charge in [-0.3, -0.25) is 4.90 Å². The first-order valence-corrected chi connectivity index (χ1v) is 6.96. The normalized spacial score (nSPS) is 16.8. The topological polar surface area (TPSA) is 28.2 Å². The van der Waals surface area contributed by atoms with Gasteiger partial charge in [0.15, 0.2) is 5.13 Å². The van der Waals surface area contributed by atoms with Gasteiger partial charge in [-0.25, -0.2) is 4.98 Å². The Kier molecular flexibility index (Phi) is 2.99. The summed E-state index contributed by atoms with van der Waals surface area (Å²) < 4.78 is 1.28. The van der Waals surface area contributed by atoms with Gasteiger partial charge in [0.25, 0.3) is 0 Å². The zero-order chi connectivity index (χ0) is 11.7. The molecule has 0 spiro atoms. The number of anilines is 1. The van der Waals surface area contributed by atoms with Gasteiger partial charge in [0.05, 0.1) is 10.2 Å². The molecule has 3 nitrogen and oxygen atoms in total. The highest BCUT2D eigenvalue weighted by Gasteiger charge is 2.12. The van der Waals surface area contributed by atoms with E-state index in [1.165, 1.54) is 36.2 Å². The highest BCUT2D eigenvalue weighted by atomic mass is 32.1. The van der Waals surface area contributed by atoms with E-state index in [9.17, 15) is 0 Å². The molecule has 17 heavy (non-hydrogen) atoms. The van der Waals surface area contributed by atoms with Crippen LogP contribution in [0.25, 0.3) is 10.2 Å². The number of thiazole rings is 1. The molecule has 90 valence electrons. The summed E-state index contributed by atoms with van der Waals surface area (Å²) in [6, 6.07) is 6.63. The molecule has 1 aliphatic heterocycles. The fourth-order valence-electron chi connectivity index (χ4n) is 2.37. The van der Waals surface area contributed by atoms with Crippen LogP contribution in [0, 0.1) is 0 Å². The van der Waals surface area contributed by atoms with Gasteiger partial charge in [-0.15, -0.1) is 0 Å². The minimum Gasteiger partial charge on any atom is -0.365 e. The first-order valence-electron chi connectivity index (χ1n) is 6.15. The van der Waals surface area contributed by atoms with Crippen LogP contribution in [0.4, 0.5) is 5.13 Å². The Bertz CT molecular complexity index is 514. The zero-order valence-electron chi connectivity index (χ0n) is 10.1. The highest BCUT2D eigenvalue weighted by Crippen LogP contribution is 2.27. The van der Waals surface area contributed by atoms with Crippen LogP contribution in [0.3, 0.4) is 0 Å². The van der Waals surface area contributed by atoms with E-state index in [1.54, 1.807) is 11.3 Å². The van der Waals surface area contributed by atoms with Gasteiger partial charge in [0.1, 0.15) is 0 Å². The molecule has 0 aliphatic carbocycles. The third kappa shape index (κ3) is 2.28. The molecule has 1 saturated heterocycles. The summed E-state index contributed by atoms with van der Waals surface area (Å²) in [6.45, 7) is 3.59. The molecule has 1 fully saturated rings. The molecule has 3 rings (SSSR count). The summed E-state index contributed by atoms with van der Waals surface area (Å²) >= 11 is 1.73. The number of benzene rings is 1. The third-order valence-electron chi connectivity index (χ3n) is 3.27. The molecule has 0 atom stereocenters. The fourth-order valence-corrected chi connectivity index (χ4v) is 3.26. The quantitative estimate of drug-likeness (QED) is 0.904. The number of nitrogens with one attached hydrogen (secondary N) is 1. The summed E-state index contributed by atoms with van der Waals surface area (Å²) in [5, 5.41) is 4.10. The SMILES string of the molecule is CNc1nc2ccc(CN3CCCC3)cc2s1. The van der Waals surface area contributed by atoms with E-state index in [0.717, 1.165) is 17.2 Å². The van der Waals surface area contributed by atoms with Gasteiger partial charge in [-0.2, -0.15) is 0 Å². The maximum Gasteiger partial charge on any atom is 0.183 e. The summed E-state index contributed by atoms with van der Waals surface area (Å²) in [5.41, 5.74) is 2.51. The maximum absolute atomic E-state index is 4.50. The molecule has 1 aliphatic rings. The average molecular weight is 247 g/mol. The third-order valence-corrected chi connectivity index (χ3v) is 4.31. The number of nitrogens with zero attached hydrogens (tertiary/aromatic N) is 2. The van der Waals surface area contributed by atoms with Crippen molar-refractivity contribution in [3.63, 3.8) is 0 Å². The standard InChI is InChI=1S/C13H17N3S/c1-14-13-15-11-5-4-10(8-12(11)17-13)9-16-6-2-3-7-16/h4-5,8H,2-3,6-7,9H2,1H3,(H,14,15). The van der Waals surface area contributed by atoms with E-state index in [0.29, 0.717) is 0 Å². The zero-order valence-corrected chi connectivity index (χ0v) is 10.9. The molecule has 0 bridgehead atoms. The molecule has 2 heterocycles. The van der Waals surface area contributed by atoms with Crippen molar-refractivity contribution in [2.45, 2.75) is 19.4 Å². The second-order valence-corrected chi connectivity index (χ2v) is 5.58. The molecule has 0 amide bonds. The summed E-state index contributed by atoms with van der Waals surface area (Å²) in [4.78, 5) is 7.03. The molecular weight excluding hydrogens is 230 g/mol. The first-order chi connectivity index (χ1) is 8.35. The van der Waals surface area contributed by atoms with Gasteiger partial charge in [0, 0.05) is 13.6 Å². The summed E-state index contributed by atoms with van der Waals surface area (Å²) in [7, 11) is 1.92. The smallest absolute Gasteiger partial charge is 0.183 e. The van der Waals surface area contributed by atoms with Crippen LogP contribution < -0.4 is 5.32 Å². The van der Waals surface area contributed by atoms with Crippen LogP contribution >= 0.6 is 11.3 Å². The molecular formula is C13H17N3S. The molecule has 0 unspecified atom stereocenters. The van der Waals surface area contributed by atoms with Crippen molar-refractivity contribution >= 4 is 26.7 Å². The van der Waals surface area contributed by atoms with Crippen LogP contribution in [0.2, 0.25) is 0 Å². The summed E-state index contributed by atoms with van der Waals surface area (Å²) in [6.07, 6.45) is 2.71. The van der Waals surface area contributed by atoms with Crippen LogP contribution in [-0.2, 0) is 6.54 Å². The Morgan fingerprint density at radius 3 is 2.94 bits per heavy atom. The van der Waals surface area contributed by atoms with Crippen LogP contribution in [-0.4, -0.2) is 30.0 Å². The van der Waals surface area contributed by atoms with E-state index in [4.69, 9.17) is 0 Å². The van der Waals surface area contributed by atoms with Gasteiger partial charge in [-0.1, -0.05) is 17.4 Å². The minimum absolute atomic E-state index is 0.998. The van der Waals surface area contributed by atoms with Crippen molar-refractivity contribution in [2.75, 3.05) is 25.5 Å². The van der Waals surface area contributed by atoms with E-state index in [2.05, 4.69) is 33.4 Å². The number of hydrogen-bond donors (Lipinski definition) is 1.